The Balaban J connectivity index is -0.000000150. The van der Waals surface area contributed by atoms with E-state index in [0.29, 0.717) is 6.61 Å². The van der Waals surface area contributed by atoms with E-state index in [1.165, 1.54) is 36.7 Å². The van der Waals surface area contributed by atoms with Gasteiger partial charge in [0.25, 0.3) is 4.55 Å². The molecule has 0 atom stereocenters. The van der Waals surface area contributed by atoms with E-state index in [9.17, 15) is 0 Å². The third-order valence-electron chi connectivity index (χ3n) is 1.62. The summed E-state index contributed by atoms with van der Waals surface area (Å²) in [5.41, 5.74) is 0. The van der Waals surface area contributed by atoms with Crippen molar-refractivity contribution in [1.82, 2.24) is 0 Å². The van der Waals surface area contributed by atoms with Crippen LogP contribution in [0.4, 0.5) is 0 Å². The SMILES string of the molecule is CCCCCCO.CCC[CH2][Mg+2].Cl. The van der Waals surface area contributed by atoms with Crippen LogP contribution in [0.15, 0.2) is 0 Å². The number of rotatable bonds is 6. The summed E-state index contributed by atoms with van der Waals surface area (Å²) in [4.78, 5) is 0. The molecule has 0 aromatic rings. The maximum Gasteiger partial charge on any atom is 1.41 e. The predicted molar refractivity (Wildman–Crippen MR) is 63.9 cm³/mol. The Labute approximate surface area is 103 Å². The van der Waals surface area contributed by atoms with Gasteiger partial charge in [-0.2, -0.15) is 0 Å². The second kappa shape index (κ2) is 23.1. The Kier molecular flexibility index (Phi) is 34.8. The zero-order valence-corrected chi connectivity index (χ0v) is 11.5. The molecule has 0 aliphatic carbocycles. The standard InChI is InChI=1S/C6H14O.C4H9.ClH.Mg/c1-2-3-4-5-6-7;1-3-4-2;;/h7H,2-6H2,1H3;1,3-4H2,2H3;1H;/q;;;+2. The first-order valence-corrected chi connectivity index (χ1v) is 6.23. The monoisotopic (exact) mass is 219 g/mol. The van der Waals surface area contributed by atoms with E-state index in [1.807, 2.05) is 21.7 Å². The molecule has 1 N–H and O–H groups in total. The zero-order valence-electron chi connectivity index (χ0n) is 9.22. The lowest BCUT2D eigenvalue weighted by atomic mass is 10.2. The lowest BCUT2D eigenvalue weighted by Gasteiger charge is -1.90. The van der Waals surface area contributed by atoms with E-state index >= 15 is 0 Å². The summed E-state index contributed by atoms with van der Waals surface area (Å²) in [6, 6.07) is 0. The highest BCUT2D eigenvalue weighted by atomic mass is 35.5. The minimum Gasteiger partial charge on any atom is -0.396 e. The second-order valence-electron chi connectivity index (χ2n) is 2.99. The molecule has 0 bridgehead atoms. The molecule has 0 amide bonds. The number of halogens is 1. The summed E-state index contributed by atoms with van der Waals surface area (Å²) in [5, 5.41) is 8.29. The molecule has 77 valence electrons. The smallest absolute Gasteiger partial charge is 0.396 e. The van der Waals surface area contributed by atoms with Crippen molar-refractivity contribution >= 4 is 34.1 Å². The maximum absolute atomic E-state index is 8.29. The van der Waals surface area contributed by atoms with Crippen LogP contribution in [0.5, 0.6) is 0 Å². The lowest BCUT2D eigenvalue weighted by molar-refractivity contribution is 0.283. The fourth-order valence-electron chi connectivity index (χ4n) is 0.789. The number of aliphatic hydroxyl groups excluding tert-OH is 1. The van der Waals surface area contributed by atoms with Crippen LogP contribution in [-0.4, -0.2) is 33.4 Å². The summed E-state index contributed by atoms with van der Waals surface area (Å²) in [5.74, 6) is 0. The van der Waals surface area contributed by atoms with Gasteiger partial charge in [0, 0.05) is 13.0 Å². The molecule has 0 saturated heterocycles. The molecule has 0 heterocycles. The Bertz CT molecular complexity index is 56.9. The zero-order chi connectivity index (χ0) is 9.66. The molecule has 0 aromatic carbocycles. The summed E-state index contributed by atoms with van der Waals surface area (Å²) >= 11 is 2.05. The molecule has 3 heteroatoms. The van der Waals surface area contributed by atoms with Gasteiger partial charge in [-0.25, -0.2) is 0 Å². The van der Waals surface area contributed by atoms with Crippen LogP contribution in [0, 0.1) is 0 Å². The number of hydrogen-bond acceptors (Lipinski definition) is 1. The lowest BCUT2D eigenvalue weighted by Crippen LogP contribution is -1.80. The normalized spacial score (nSPS) is 8.31. The summed E-state index contributed by atoms with van der Waals surface area (Å²) in [6.45, 7) is 4.74. The van der Waals surface area contributed by atoms with Gasteiger partial charge in [0.15, 0.2) is 0 Å². The summed E-state index contributed by atoms with van der Waals surface area (Å²) in [6.07, 6.45) is 7.43. The van der Waals surface area contributed by atoms with Crippen molar-refractivity contribution in [2.75, 3.05) is 6.61 Å². The van der Waals surface area contributed by atoms with Gasteiger partial charge in [-0.1, -0.05) is 33.1 Å². The van der Waals surface area contributed by atoms with Crippen molar-refractivity contribution < 1.29 is 5.11 Å². The van der Waals surface area contributed by atoms with E-state index in [2.05, 4.69) is 13.8 Å². The third-order valence-corrected chi connectivity index (χ3v) is 2.12. The molecule has 1 nitrogen and oxygen atoms in total. The van der Waals surface area contributed by atoms with Gasteiger partial charge in [-0.15, -0.1) is 12.4 Å². The first-order chi connectivity index (χ1) is 5.83. The Morgan fingerprint density at radius 1 is 0.923 bits per heavy atom. The van der Waals surface area contributed by atoms with Crippen molar-refractivity contribution in [3.63, 3.8) is 0 Å². The highest BCUT2D eigenvalue weighted by Crippen LogP contribution is 1.96. The van der Waals surface area contributed by atoms with Crippen LogP contribution in [0.1, 0.15) is 52.4 Å². The van der Waals surface area contributed by atoms with E-state index in [1.54, 1.807) is 0 Å². The Morgan fingerprint density at radius 3 is 1.69 bits per heavy atom. The molecule has 0 fully saturated rings. The molecule has 0 unspecified atom stereocenters. The van der Waals surface area contributed by atoms with E-state index < -0.39 is 0 Å². The maximum atomic E-state index is 8.29. The van der Waals surface area contributed by atoms with Crippen molar-refractivity contribution in [3.05, 3.63) is 0 Å². The molecule has 0 aliphatic rings. The molecule has 7 radical (unpaired) electrons. The first-order valence-electron chi connectivity index (χ1n) is 5.23. The Morgan fingerprint density at radius 2 is 1.46 bits per heavy atom. The second-order valence-corrected chi connectivity index (χ2v) is 3.70. The van der Waals surface area contributed by atoms with Crippen LogP contribution in [-0.2, 0) is 0 Å². The molecule has 13 heavy (non-hydrogen) atoms. The van der Waals surface area contributed by atoms with Gasteiger partial charge in [0.1, 0.15) is 0 Å². The molecule has 0 saturated carbocycles. The first kappa shape index (κ1) is 19.6. The predicted octanol–water partition coefficient (Wildman–Crippen LogP) is 3.35. The average Bonchev–Trinajstić information content (AvgIpc) is 2.08. The van der Waals surface area contributed by atoms with Crippen LogP contribution < -0.4 is 0 Å². The highest BCUT2D eigenvalue weighted by molar-refractivity contribution is 6.08. The minimum atomic E-state index is 0. The topological polar surface area (TPSA) is 20.2 Å². The quantitative estimate of drug-likeness (QED) is 0.537. The molecule has 0 rings (SSSR count). The number of hydrogen-bond donors (Lipinski definition) is 1. The van der Waals surface area contributed by atoms with Crippen molar-refractivity contribution in [1.29, 1.82) is 0 Å². The minimum absolute atomic E-state index is 0. The summed E-state index contributed by atoms with van der Waals surface area (Å²) < 4.78 is 1.37. The van der Waals surface area contributed by atoms with Gasteiger partial charge >= 0.3 is 21.7 Å². The number of unbranched alkanes of at least 4 members (excludes halogenated alkanes) is 4. The van der Waals surface area contributed by atoms with Crippen LogP contribution in [0.3, 0.4) is 0 Å². The fourth-order valence-corrected chi connectivity index (χ4v) is 1.29. The average molecular weight is 220 g/mol. The van der Waals surface area contributed by atoms with Crippen molar-refractivity contribution in [2.45, 2.75) is 56.9 Å². The largest absolute Gasteiger partial charge is 1.41 e. The van der Waals surface area contributed by atoms with Gasteiger partial charge in [-0.05, 0) is 12.8 Å². The molecular weight excluding hydrogens is 196 g/mol. The van der Waals surface area contributed by atoms with Crippen molar-refractivity contribution in [2.24, 2.45) is 0 Å². The molecule has 0 spiro atoms. The number of aliphatic hydroxyl groups is 1. The van der Waals surface area contributed by atoms with Crippen LogP contribution in [0.2, 0.25) is 4.55 Å². The van der Waals surface area contributed by atoms with Crippen LogP contribution in [0.25, 0.3) is 0 Å². The van der Waals surface area contributed by atoms with Gasteiger partial charge in [0.2, 0.25) is 0 Å². The summed E-state index contributed by atoms with van der Waals surface area (Å²) in [7, 11) is 0. The highest BCUT2D eigenvalue weighted by Gasteiger charge is 2.19. The fraction of sp³-hybridized carbons (Fsp3) is 1.00. The van der Waals surface area contributed by atoms with Gasteiger partial charge in [-0.3, -0.25) is 0 Å². The molecule has 0 aromatic heterocycles. The van der Waals surface area contributed by atoms with Crippen LogP contribution >= 0.6 is 12.4 Å². The third kappa shape index (κ3) is 32.1. The van der Waals surface area contributed by atoms with Gasteiger partial charge < -0.3 is 5.11 Å². The van der Waals surface area contributed by atoms with E-state index in [0.717, 1.165) is 6.42 Å². The van der Waals surface area contributed by atoms with E-state index in [-0.39, 0.29) is 12.4 Å². The molecule has 0 aliphatic heterocycles. The Hall–Kier alpha value is 1.02. The van der Waals surface area contributed by atoms with Crippen molar-refractivity contribution in [3.8, 4) is 0 Å². The molecular formula is C10H24ClMgO+2. The van der Waals surface area contributed by atoms with E-state index in [4.69, 9.17) is 5.11 Å². The van der Waals surface area contributed by atoms with Gasteiger partial charge in [0.05, 0.1) is 0 Å².